The number of halogens is 1. The number of benzene rings is 11. The molecular formula is C109H137ClN6O9. The lowest BCUT2D eigenvalue weighted by molar-refractivity contribution is -0.0903. The number of β-amino-alcohol motifs (C(OH)–C–C–N with tert-alkyl or cyclic N) is 1. The molecule has 11 aromatic rings. The van der Waals surface area contributed by atoms with Crippen LogP contribution in [0.5, 0.6) is 0 Å². The van der Waals surface area contributed by atoms with Gasteiger partial charge in [-0.1, -0.05) is 290 Å². The van der Waals surface area contributed by atoms with E-state index < -0.39 is 0 Å². The summed E-state index contributed by atoms with van der Waals surface area (Å²) in [6.45, 7) is 32.5. The molecule has 0 aromatic heterocycles. The van der Waals surface area contributed by atoms with Gasteiger partial charge in [0.1, 0.15) is 0 Å². The van der Waals surface area contributed by atoms with Gasteiger partial charge in [0.05, 0.1) is 44.0 Å². The van der Waals surface area contributed by atoms with Gasteiger partial charge in [-0.2, -0.15) is 0 Å². The minimum absolute atomic E-state index is 0. The summed E-state index contributed by atoms with van der Waals surface area (Å²) < 4.78 is 5.34. The molecule has 11 aromatic carbocycles. The highest BCUT2D eigenvalue weighted by molar-refractivity contribution is 6.29. The number of carbonyl (C=O) groups excluding carboxylic acids is 6. The van der Waals surface area contributed by atoms with Crippen molar-refractivity contribution in [2.75, 3.05) is 99.4 Å². The van der Waals surface area contributed by atoms with Gasteiger partial charge < -0.3 is 24.5 Å². The molecule has 0 radical (unpaired) electrons. The third-order valence-electron chi connectivity index (χ3n) is 22.0. The Bertz CT molecular complexity index is 4860. The van der Waals surface area contributed by atoms with Crippen LogP contribution in [0.2, 0.25) is 0 Å². The highest BCUT2D eigenvalue weighted by Gasteiger charge is 2.37. The van der Waals surface area contributed by atoms with E-state index in [-0.39, 0.29) is 91.5 Å². The van der Waals surface area contributed by atoms with Crippen LogP contribution < -0.4 is 14.7 Å². The normalized spacial score (nSPS) is 14.2. The Kier molecular flexibility index (Phi) is 45.7. The van der Waals surface area contributed by atoms with Crippen LogP contribution in [0, 0.1) is 0 Å². The van der Waals surface area contributed by atoms with Crippen molar-refractivity contribution in [2.24, 2.45) is 0 Å². The number of hydroxylamine groups is 2. The van der Waals surface area contributed by atoms with E-state index in [4.69, 9.17) is 26.3 Å². The summed E-state index contributed by atoms with van der Waals surface area (Å²) in [4.78, 5) is 91.3. The number of piperidine rings is 3. The fraction of sp³-hybridized carbons (Fsp3) is 0.339. The summed E-state index contributed by atoms with van der Waals surface area (Å²) in [6.07, 6.45) is 18.8. The van der Waals surface area contributed by atoms with Crippen LogP contribution in [0.25, 0.3) is 50.5 Å². The van der Waals surface area contributed by atoms with E-state index >= 15 is 0 Å². The van der Waals surface area contributed by atoms with Gasteiger partial charge in [-0.05, 0) is 179 Å². The van der Waals surface area contributed by atoms with Crippen LogP contribution >= 0.6 is 11.6 Å². The number of hydrogen-bond acceptors (Lipinski definition) is 12. The molecule has 664 valence electrons. The zero-order chi connectivity index (χ0) is 86.4. The minimum atomic E-state index is -0.379. The lowest BCUT2D eigenvalue weighted by Crippen LogP contribution is -2.42. The lowest BCUT2D eigenvalue weighted by atomic mass is 9.85. The van der Waals surface area contributed by atoms with E-state index in [1.165, 1.54) is 103 Å². The van der Waals surface area contributed by atoms with Gasteiger partial charge in [0.2, 0.25) is 0 Å². The molecule has 1 N–H and O–H groups in total. The van der Waals surface area contributed by atoms with Crippen LogP contribution in [-0.4, -0.2) is 140 Å². The van der Waals surface area contributed by atoms with Crippen molar-refractivity contribution in [3.05, 3.63) is 324 Å². The summed E-state index contributed by atoms with van der Waals surface area (Å²) >= 11 is 5.00. The van der Waals surface area contributed by atoms with Crippen molar-refractivity contribution in [3.63, 3.8) is 0 Å². The molecule has 17 rings (SSSR count). The van der Waals surface area contributed by atoms with E-state index in [0.29, 0.717) is 58.4 Å². The highest BCUT2D eigenvalue weighted by atomic mass is 35.5. The molecular weight excluding hydrogens is 1570 g/mol. The number of anilines is 3. The number of ether oxygens (including phenoxy) is 1. The van der Waals surface area contributed by atoms with Crippen molar-refractivity contribution >= 4 is 115 Å². The Morgan fingerprint density at radius 1 is 0.376 bits per heavy atom. The maximum absolute atomic E-state index is 12.9. The van der Waals surface area contributed by atoms with Gasteiger partial charge >= 0.3 is 0 Å². The molecule has 6 heterocycles. The lowest BCUT2D eigenvalue weighted by Gasteiger charge is -2.32. The number of hydrogen-bond donors (Lipinski definition) is 1. The predicted molar refractivity (Wildman–Crippen MR) is 530 cm³/mol. The van der Waals surface area contributed by atoms with Gasteiger partial charge in [-0.3, -0.25) is 43.4 Å². The van der Waals surface area contributed by atoms with Crippen molar-refractivity contribution < 1.29 is 43.4 Å². The summed E-state index contributed by atoms with van der Waals surface area (Å²) in [5, 5.41) is 15.3. The standard InChI is InChI=1S/C21H24N2O3.2C19H20N2O3.C18H22.3C8H8.C2H5Cl.C2H6.4CH4/c1-2-26-14-13-23-20(24)16-8-6-7-15-18(22-11-4-3-5-12-22)10-9-17(19(15)16)21(23)25;1-2-24-21-18(22)14-8-6-7-13-16(20-11-4-3-5-12-20)10-9-15(17(13)14)19(21)23;22-12-11-21-18(23)14-6-4-5-13-16(20-9-2-1-3-10-20)8-7-15(17(13)14)19(21)24;1-3-16(18-12-8-5-9-13-18)14-15(2)17-10-6-4-7-11-17;3*1-2-8-6-4-3-5-7-8;1-2-3;1-2;;;;/h6-10H,2-5,11-14H2,1H3;6-10H,2-5,11-12H2,1H3;4-8,22H,1-3,9-12H2;4-13,15-16H,3,14H2,1-2H3;3*2-7H,1H2;2H2,1H3;1-2H3;4*1H4. The van der Waals surface area contributed by atoms with Crippen LogP contribution in [-0.2, 0) is 9.57 Å². The first-order chi connectivity index (χ1) is 59.2. The van der Waals surface area contributed by atoms with Gasteiger partial charge in [0.15, 0.2) is 0 Å². The Balaban J connectivity index is 0.000000265. The molecule has 0 aliphatic carbocycles. The Morgan fingerprint density at radius 3 is 0.968 bits per heavy atom. The molecule has 0 bridgehead atoms. The van der Waals surface area contributed by atoms with Crippen molar-refractivity contribution in [2.45, 2.75) is 161 Å². The Morgan fingerprint density at radius 2 is 0.672 bits per heavy atom. The average Bonchev–Trinajstić information content (AvgIpc) is 0.748. The first-order valence-electron chi connectivity index (χ1n) is 43.2. The second kappa shape index (κ2) is 54.9. The van der Waals surface area contributed by atoms with Crippen LogP contribution in [0.1, 0.15) is 251 Å². The van der Waals surface area contributed by atoms with Crippen molar-refractivity contribution in [1.29, 1.82) is 0 Å². The number of alkyl halides is 1. The molecule has 6 aliphatic rings. The number of aliphatic hydroxyl groups excluding tert-OH is 1. The minimum Gasteiger partial charge on any atom is -0.395 e. The topological polar surface area (TPSA) is 161 Å². The average molecular weight is 1710 g/mol. The summed E-state index contributed by atoms with van der Waals surface area (Å²) in [7, 11) is 0. The number of nitrogens with zero attached hydrogens (tertiary/aromatic N) is 6. The maximum atomic E-state index is 12.9. The van der Waals surface area contributed by atoms with Crippen molar-refractivity contribution in [1.82, 2.24) is 14.9 Å². The second-order valence-corrected chi connectivity index (χ2v) is 30.2. The monoisotopic (exact) mass is 1710 g/mol. The number of amides is 6. The van der Waals surface area contributed by atoms with Crippen LogP contribution in [0.4, 0.5) is 17.1 Å². The van der Waals surface area contributed by atoms with Gasteiger partial charge in [0.25, 0.3) is 35.4 Å². The third-order valence-corrected chi connectivity index (χ3v) is 22.0. The smallest absolute Gasteiger partial charge is 0.285 e. The molecule has 6 amide bonds. The molecule has 6 aliphatic heterocycles. The number of carbonyl (C=O) groups is 6. The molecule has 125 heavy (non-hydrogen) atoms. The first-order valence-corrected chi connectivity index (χ1v) is 43.7. The molecule has 3 saturated heterocycles. The fourth-order valence-electron chi connectivity index (χ4n) is 16.0. The zero-order valence-corrected chi connectivity index (χ0v) is 72.6. The van der Waals surface area contributed by atoms with Crippen LogP contribution in [0.15, 0.2) is 262 Å². The molecule has 15 nitrogen and oxygen atoms in total. The Hall–Kier alpha value is -11.6. The number of rotatable bonds is 19. The van der Waals surface area contributed by atoms with E-state index in [1.54, 1.807) is 19.1 Å². The van der Waals surface area contributed by atoms with E-state index in [2.05, 4.69) is 109 Å². The SMILES string of the molecule is C.C.C.C.C=Cc1ccccc1.C=Cc1ccccc1.C=Cc1ccccc1.CC.CCC(CC(C)c1ccccc1)c1ccccc1.CCCl.CCOCCN1C(=O)c2cccc3c(N4CCCCC4)ccc(c23)C1=O.CCON1C(=O)c2cccc3c(N4CCCCC4)ccc(c23)C1=O.O=C1c2cccc3c(N4CCCCC4)ccc(c23)C(=O)N1CCO. The van der Waals surface area contributed by atoms with Gasteiger partial charge in [-0.15, -0.1) is 16.7 Å². The van der Waals surface area contributed by atoms with E-state index in [9.17, 15) is 28.8 Å². The van der Waals surface area contributed by atoms with Gasteiger partial charge in [-0.25, -0.2) is 0 Å². The molecule has 2 unspecified atom stereocenters. The molecule has 0 saturated carbocycles. The number of aliphatic hydroxyl groups is 1. The molecule has 2 atom stereocenters. The maximum Gasteiger partial charge on any atom is 0.285 e. The van der Waals surface area contributed by atoms with E-state index in [0.717, 1.165) is 104 Å². The second-order valence-electron chi connectivity index (χ2n) is 29.7. The zero-order valence-electron chi connectivity index (χ0n) is 71.8. The highest BCUT2D eigenvalue weighted by Crippen LogP contribution is 2.41. The van der Waals surface area contributed by atoms with Gasteiger partial charge in [0, 0.05) is 123 Å². The predicted octanol–water partition coefficient (Wildman–Crippen LogP) is 26.4. The van der Waals surface area contributed by atoms with Crippen LogP contribution in [0.3, 0.4) is 0 Å². The Labute approximate surface area is 752 Å². The first kappa shape index (κ1) is 104. The quantitative estimate of drug-likeness (QED) is 0.0464. The number of imide groups is 3. The third kappa shape index (κ3) is 27.2. The van der Waals surface area contributed by atoms with E-state index in [1.807, 2.05) is 216 Å². The molecule has 16 heteroatoms. The fourth-order valence-corrected chi connectivity index (χ4v) is 16.0. The largest absolute Gasteiger partial charge is 0.395 e. The summed E-state index contributed by atoms with van der Waals surface area (Å²) in [5.74, 6) is 0.183. The molecule has 3 fully saturated rings. The summed E-state index contributed by atoms with van der Waals surface area (Å²) in [5.41, 5.74) is 13.2. The summed E-state index contributed by atoms with van der Waals surface area (Å²) in [6, 6.07) is 80.5. The molecule has 0 spiro atoms. The van der Waals surface area contributed by atoms with Crippen molar-refractivity contribution in [3.8, 4) is 0 Å².